The van der Waals surface area contributed by atoms with Crippen LogP contribution in [0.3, 0.4) is 0 Å². The highest BCUT2D eigenvalue weighted by Crippen LogP contribution is 2.11. The minimum Gasteiger partial charge on any atom is -0.354 e. The minimum absolute atomic E-state index is 0.0366. The maximum atomic E-state index is 11.8. The molecule has 2 heterocycles. The van der Waals surface area contributed by atoms with Crippen LogP contribution in [0.15, 0.2) is 17.5 Å². The summed E-state index contributed by atoms with van der Waals surface area (Å²) in [4.78, 5) is 24.6. The molecule has 1 fully saturated rings. The first kappa shape index (κ1) is 13.1. The van der Waals surface area contributed by atoms with E-state index >= 15 is 0 Å². The average molecular weight is 266 g/mol. The van der Waals surface area contributed by atoms with Crippen LogP contribution in [0.5, 0.6) is 0 Å². The Hall–Kier alpha value is -1.36. The van der Waals surface area contributed by atoms with Crippen molar-refractivity contribution in [3.63, 3.8) is 0 Å². The smallest absolute Gasteiger partial charge is 0.242 e. The lowest BCUT2D eigenvalue weighted by Gasteiger charge is -2.14. The third-order valence-electron chi connectivity index (χ3n) is 3.05. The fourth-order valence-electron chi connectivity index (χ4n) is 2.04. The van der Waals surface area contributed by atoms with E-state index in [0.717, 1.165) is 32.2 Å². The monoisotopic (exact) mass is 266 g/mol. The van der Waals surface area contributed by atoms with Gasteiger partial charge in [-0.1, -0.05) is 6.07 Å². The summed E-state index contributed by atoms with van der Waals surface area (Å²) in [5, 5.41) is 7.65. The minimum atomic E-state index is -0.344. The summed E-state index contributed by atoms with van der Waals surface area (Å²) < 4.78 is 0. The van der Waals surface area contributed by atoms with Crippen molar-refractivity contribution in [1.82, 2.24) is 10.6 Å². The van der Waals surface area contributed by atoms with Crippen LogP contribution in [0.4, 0.5) is 0 Å². The highest BCUT2D eigenvalue weighted by atomic mass is 32.1. The van der Waals surface area contributed by atoms with Crippen LogP contribution in [0.25, 0.3) is 0 Å². The summed E-state index contributed by atoms with van der Waals surface area (Å²) >= 11 is 1.66. The van der Waals surface area contributed by atoms with E-state index < -0.39 is 0 Å². The summed E-state index contributed by atoms with van der Waals surface area (Å²) in [5.41, 5.74) is 0. The Bertz CT molecular complexity index is 403. The number of carbonyl (C=O) groups excluding carboxylic acids is 2. The summed E-state index contributed by atoms with van der Waals surface area (Å²) in [7, 11) is 0. The van der Waals surface area contributed by atoms with E-state index in [9.17, 15) is 9.59 Å². The van der Waals surface area contributed by atoms with Crippen molar-refractivity contribution in [1.29, 1.82) is 0 Å². The van der Waals surface area contributed by atoms with Crippen LogP contribution >= 0.6 is 11.3 Å². The first-order valence-corrected chi connectivity index (χ1v) is 7.23. The Kier molecular flexibility index (Phi) is 4.75. The largest absolute Gasteiger partial charge is 0.354 e. The number of carbonyl (C=O) groups is 2. The quantitative estimate of drug-likeness (QED) is 0.867. The summed E-state index contributed by atoms with van der Waals surface area (Å²) in [6.07, 6.45) is 3.92. The van der Waals surface area contributed by atoms with Crippen molar-refractivity contribution in [2.75, 3.05) is 6.54 Å². The Morgan fingerprint density at radius 2 is 2.39 bits per heavy atom. The fourth-order valence-corrected chi connectivity index (χ4v) is 2.74. The molecule has 98 valence electrons. The average Bonchev–Trinajstić information content (AvgIpc) is 2.80. The fraction of sp³-hybridized carbons (Fsp3) is 0.538. The van der Waals surface area contributed by atoms with E-state index in [4.69, 9.17) is 0 Å². The SMILES string of the molecule is O=C(CCc1cccs1)N[C@@H]1CCCCNC1=O. The van der Waals surface area contributed by atoms with E-state index in [1.165, 1.54) is 4.88 Å². The molecule has 0 unspecified atom stereocenters. The van der Waals surface area contributed by atoms with E-state index in [0.29, 0.717) is 6.42 Å². The van der Waals surface area contributed by atoms with Gasteiger partial charge in [0, 0.05) is 17.8 Å². The predicted molar refractivity (Wildman–Crippen MR) is 71.4 cm³/mol. The molecular weight excluding hydrogens is 248 g/mol. The molecule has 1 aliphatic rings. The molecule has 0 spiro atoms. The highest BCUT2D eigenvalue weighted by Gasteiger charge is 2.21. The number of aryl methyl sites for hydroxylation is 1. The highest BCUT2D eigenvalue weighted by molar-refractivity contribution is 7.09. The van der Waals surface area contributed by atoms with E-state index in [2.05, 4.69) is 10.6 Å². The van der Waals surface area contributed by atoms with Crippen LogP contribution in [0, 0.1) is 0 Å². The predicted octanol–water partition coefficient (Wildman–Crippen LogP) is 1.47. The number of nitrogens with one attached hydrogen (secondary N) is 2. The van der Waals surface area contributed by atoms with Crippen LogP contribution in [-0.4, -0.2) is 24.4 Å². The summed E-state index contributed by atoms with van der Waals surface area (Å²) in [6, 6.07) is 3.66. The Morgan fingerprint density at radius 3 is 3.17 bits per heavy atom. The molecule has 1 aliphatic heterocycles. The molecule has 0 radical (unpaired) electrons. The van der Waals surface area contributed by atoms with Gasteiger partial charge in [-0.15, -0.1) is 11.3 Å². The van der Waals surface area contributed by atoms with E-state index in [1.54, 1.807) is 11.3 Å². The third-order valence-corrected chi connectivity index (χ3v) is 3.99. The number of rotatable bonds is 4. The van der Waals surface area contributed by atoms with Gasteiger partial charge in [0.1, 0.15) is 6.04 Å². The van der Waals surface area contributed by atoms with Crippen LogP contribution in [-0.2, 0) is 16.0 Å². The van der Waals surface area contributed by atoms with Gasteiger partial charge in [-0.25, -0.2) is 0 Å². The van der Waals surface area contributed by atoms with Gasteiger partial charge in [-0.2, -0.15) is 0 Å². The molecule has 0 bridgehead atoms. The van der Waals surface area contributed by atoms with Crippen molar-refractivity contribution in [2.24, 2.45) is 0 Å². The lowest BCUT2D eigenvalue weighted by molar-refractivity contribution is -0.128. The molecule has 2 amide bonds. The third kappa shape index (κ3) is 3.84. The lowest BCUT2D eigenvalue weighted by Crippen LogP contribution is -2.45. The number of hydrogen-bond acceptors (Lipinski definition) is 3. The van der Waals surface area contributed by atoms with Crippen molar-refractivity contribution < 1.29 is 9.59 Å². The molecular formula is C13H18N2O2S. The molecule has 1 aromatic heterocycles. The van der Waals surface area contributed by atoms with Gasteiger partial charge < -0.3 is 10.6 Å². The van der Waals surface area contributed by atoms with Gasteiger partial charge in [-0.3, -0.25) is 9.59 Å². The second kappa shape index (κ2) is 6.54. The standard InChI is InChI=1S/C13H18N2O2S/c16-12(7-6-10-4-3-9-18-10)15-11-5-1-2-8-14-13(11)17/h3-4,9,11H,1-2,5-8H2,(H,14,17)(H,15,16)/t11-/m1/s1. The second-order valence-electron chi connectivity index (χ2n) is 4.49. The molecule has 2 rings (SSSR count). The van der Waals surface area contributed by atoms with Gasteiger partial charge in [0.05, 0.1) is 0 Å². The van der Waals surface area contributed by atoms with E-state index in [1.807, 2.05) is 17.5 Å². The van der Waals surface area contributed by atoms with Gasteiger partial charge in [-0.05, 0) is 37.1 Å². The van der Waals surface area contributed by atoms with Crippen LogP contribution < -0.4 is 10.6 Å². The molecule has 1 saturated heterocycles. The number of hydrogen-bond donors (Lipinski definition) is 2. The van der Waals surface area contributed by atoms with Gasteiger partial charge in [0.15, 0.2) is 0 Å². The molecule has 0 aliphatic carbocycles. The zero-order valence-corrected chi connectivity index (χ0v) is 11.1. The van der Waals surface area contributed by atoms with Crippen molar-refractivity contribution in [3.05, 3.63) is 22.4 Å². The first-order chi connectivity index (χ1) is 8.75. The number of thiophene rings is 1. The summed E-state index contributed by atoms with van der Waals surface area (Å²) in [6.45, 7) is 0.723. The Labute approximate surface area is 111 Å². The Morgan fingerprint density at radius 1 is 1.50 bits per heavy atom. The molecule has 18 heavy (non-hydrogen) atoms. The van der Waals surface area contributed by atoms with Crippen LogP contribution in [0.1, 0.15) is 30.6 Å². The molecule has 0 saturated carbocycles. The van der Waals surface area contributed by atoms with E-state index in [-0.39, 0.29) is 17.9 Å². The van der Waals surface area contributed by atoms with Gasteiger partial charge >= 0.3 is 0 Å². The topological polar surface area (TPSA) is 58.2 Å². The van der Waals surface area contributed by atoms with Gasteiger partial charge in [0.2, 0.25) is 11.8 Å². The molecule has 0 aromatic carbocycles. The molecule has 5 heteroatoms. The normalized spacial score (nSPS) is 20.0. The Balaban J connectivity index is 1.77. The van der Waals surface area contributed by atoms with Crippen molar-refractivity contribution in [2.45, 2.75) is 38.1 Å². The molecule has 1 atom stereocenters. The van der Waals surface area contributed by atoms with Gasteiger partial charge in [0.25, 0.3) is 0 Å². The zero-order valence-electron chi connectivity index (χ0n) is 10.3. The first-order valence-electron chi connectivity index (χ1n) is 6.35. The zero-order chi connectivity index (χ0) is 12.8. The number of amides is 2. The maximum absolute atomic E-state index is 11.8. The molecule has 2 N–H and O–H groups in total. The lowest BCUT2D eigenvalue weighted by atomic mass is 10.1. The maximum Gasteiger partial charge on any atom is 0.242 e. The van der Waals surface area contributed by atoms with Crippen molar-refractivity contribution in [3.8, 4) is 0 Å². The molecule has 4 nitrogen and oxygen atoms in total. The molecule has 1 aromatic rings. The van der Waals surface area contributed by atoms with Crippen molar-refractivity contribution >= 4 is 23.2 Å². The van der Waals surface area contributed by atoms with Crippen LogP contribution in [0.2, 0.25) is 0 Å². The second-order valence-corrected chi connectivity index (χ2v) is 5.52. The summed E-state index contributed by atoms with van der Waals surface area (Å²) in [5.74, 6) is -0.0811.